The van der Waals surface area contributed by atoms with Gasteiger partial charge >= 0.3 is 0 Å². The van der Waals surface area contributed by atoms with Crippen LogP contribution in [0, 0.1) is 25.7 Å². The van der Waals surface area contributed by atoms with E-state index >= 15 is 0 Å². The van der Waals surface area contributed by atoms with Gasteiger partial charge in [0.25, 0.3) is 0 Å². The van der Waals surface area contributed by atoms with Crippen molar-refractivity contribution in [3.05, 3.63) is 28.8 Å². The summed E-state index contributed by atoms with van der Waals surface area (Å²) in [4.78, 5) is 13.6. The molecule has 0 spiro atoms. The monoisotopic (exact) mass is 398 g/mol. The highest BCUT2D eigenvalue weighted by molar-refractivity contribution is 8.01. The molecule has 1 heterocycles. The Bertz CT molecular complexity index is 737. The Morgan fingerprint density at radius 3 is 2.80 bits per heavy atom. The largest absolute Gasteiger partial charge is 0.330 e. The number of aromatic nitrogens is 2. The lowest BCUT2D eigenvalue weighted by molar-refractivity contribution is -0.120. The third-order valence-corrected chi connectivity index (χ3v) is 6.35. The summed E-state index contributed by atoms with van der Waals surface area (Å²) in [5.74, 6) is 0.472. The molecule has 25 heavy (non-hydrogen) atoms. The van der Waals surface area contributed by atoms with Gasteiger partial charge in [0, 0.05) is 16.5 Å². The second kappa shape index (κ2) is 8.98. The summed E-state index contributed by atoms with van der Waals surface area (Å²) in [5, 5.41) is 12.2. The Kier molecular flexibility index (Phi) is 7.25. The Morgan fingerprint density at radius 2 is 2.16 bits per heavy atom. The molecule has 8 heteroatoms. The molecule has 0 radical (unpaired) electrons. The van der Waals surface area contributed by atoms with Crippen LogP contribution in [-0.4, -0.2) is 22.6 Å². The first kappa shape index (κ1) is 20.2. The van der Waals surface area contributed by atoms with Crippen LogP contribution in [0.2, 0.25) is 0 Å². The Morgan fingerprint density at radius 1 is 1.36 bits per heavy atom. The number of amides is 1. The maximum absolute atomic E-state index is 12.5. The summed E-state index contributed by atoms with van der Waals surface area (Å²) >= 11 is 3.18. The number of hydrogen-bond donors (Lipinski definition) is 2. The van der Waals surface area contributed by atoms with E-state index in [1.54, 1.807) is 23.1 Å². The lowest BCUT2D eigenvalue weighted by Crippen LogP contribution is -2.29. The molecule has 1 aromatic carbocycles. The fraction of sp³-hybridized carbons (Fsp3) is 0.471. The second-order valence-electron chi connectivity index (χ2n) is 6.19. The zero-order valence-electron chi connectivity index (χ0n) is 14.3. The van der Waals surface area contributed by atoms with Crippen LogP contribution in [0.25, 0.3) is 0 Å². The molecule has 5 nitrogen and oxygen atoms in total. The Labute approximate surface area is 162 Å². The second-order valence-corrected chi connectivity index (χ2v) is 8.69. The van der Waals surface area contributed by atoms with Crippen LogP contribution in [0.15, 0.2) is 27.4 Å². The molecule has 1 aliphatic carbocycles. The lowest BCUT2D eigenvalue weighted by Gasteiger charge is -2.18. The quantitative estimate of drug-likeness (QED) is 0.794. The minimum atomic E-state index is 0. The summed E-state index contributed by atoms with van der Waals surface area (Å²) in [6.07, 6.45) is 3.09. The molecular weight excluding hydrogens is 376 g/mol. The van der Waals surface area contributed by atoms with Crippen LogP contribution in [0.1, 0.15) is 29.8 Å². The van der Waals surface area contributed by atoms with Gasteiger partial charge in [-0.25, -0.2) is 0 Å². The molecule has 1 aliphatic rings. The molecule has 3 rings (SSSR count). The van der Waals surface area contributed by atoms with Gasteiger partial charge in [-0.15, -0.1) is 22.6 Å². The molecule has 2 atom stereocenters. The zero-order chi connectivity index (χ0) is 17.1. The van der Waals surface area contributed by atoms with Gasteiger partial charge in [0.2, 0.25) is 5.91 Å². The average molecular weight is 399 g/mol. The maximum Gasteiger partial charge on any atom is 0.227 e. The van der Waals surface area contributed by atoms with E-state index in [-0.39, 0.29) is 24.2 Å². The number of halogens is 1. The topological polar surface area (TPSA) is 80.9 Å². The van der Waals surface area contributed by atoms with Crippen molar-refractivity contribution in [2.75, 3.05) is 11.9 Å². The third kappa shape index (κ3) is 4.94. The summed E-state index contributed by atoms with van der Waals surface area (Å²) < 4.78 is 0.931. The van der Waals surface area contributed by atoms with Gasteiger partial charge in [0.1, 0.15) is 5.01 Å². The number of nitrogens with two attached hydrogens (primary N) is 1. The van der Waals surface area contributed by atoms with E-state index in [1.807, 2.05) is 26.0 Å². The van der Waals surface area contributed by atoms with Crippen molar-refractivity contribution in [3.8, 4) is 0 Å². The minimum Gasteiger partial charge on any atom is -0.330 e. The van der Waals surface area contributed by atoms with Gasteiger partial charge in [0.15, 0.2) is 4.34 Å². The van der Waals surface area contributed by atoms with Crippen LogP contribution in [0.5, 0.6) is 0 Å². The van der Waals surface area contributed by atoms with Crippen molar-refractivity contribution in [1.29, 1.82) is 0 Å². The fourth-order valence-corrected chi connectivity index (χ4v) is 5.04. The number of carbonyl (C=O) groups is 1. The summed E-state index contributed by atoms with van der Waals surface area (Å²) in [6.45, 7) is 4.55. The first-order valence-electron chi connectivity index (χ1n) is 8.16. The van der Waals surface area contributed by atoms with E-state index in [4.69, 9.17) is 5.73 Å². The molecule has 0 bridgehead atoms. The van der Waals surface area contributed by atoms with Crippen molar-refractivity contribution >= 4 is 47.1 Å². The molecule has 1 amide bonds. The number of carbonyl (C=O) groups excluding carboxylic acids is 1. The molecule has 0 aliphatic heterocycles. The molecule has 0 unspecified atom stereocenters. The van der Waals surface area contributed by atoms with E-state index in [0.29, 0.717) is 12.5 Å². The SMILES string of the molecule is Cc1nnc(Sc2ccc(NC(=O)[C@@H]3CCC[C@@H]3CN)c(C)c2)s1.Cl. The van der Waals surface area contributed by atoms with Gasteiger partial charge in [-0.3, -0.25) is 4.79 Å². The van der Waals surface area contributed by atoms with Crippen LogP contribution in [0.3, 0.4) is 0 Å². The predicted octanol–water partition coefficient (Wildman–Crippen LogP) is 4.04. The first-order chi connectivity index (χ1) is 11.6. The molecule has 1 fully saturated rings. The summed E-state index contributed by atoms with van der Waals surface area (Å²) in [7, 11) is 0. The van der Waals surface area contributed by atoms with Gasteiger partial charge in [-0.1, -0.05) is 29.5 Å². The highest BCUT2D eigenvalue weighted by Crippen LogP contribution is 2.34. The van der Waals surface area contributed by atoms with Gasteiger partial charge < -0.3 is 11.1 Å². The average Bonchev–Trinajstić information content (AvgIpc) is 3.18. The molecule has 3 N–H and O–H groups in total. The zero-order valence-corrected chi connectivity index (χ0v) is 16.8. The number of benzene rings is 1. The number of rotatable bonds is 5. The van der Waals surface area contributed by atoms with Crippen molar-refractivity contribution in [2.45, 2.75) is 42.3 Å². The van der Waals surface area contributed by atoms with E-state index in [1.165, 1.54) is 0 Å². The van der Waals surface area contributed by atoms with Crippen molar-refractivity contribution < 1.29 is 4.79 Å². The third-order valence-electron chi connectivity index (χ3n) is 4.47. The van der Waals surface area contributed by atoms with Crippen LogP contribution in [-0.2, 0) is 4.79 Å². The minimum absolute atomic E-state index is 0. The molecular formula is C17H23ClN4OS2. The van der Waals surface area contributed by atoms with Crippen LogP contribution < -0.4 is 11.1 Å². The molecule has 0 saturated heterocycles. The number of nitrogens with zero attached hydrogens (tertiary/aromatic N) is 2. The maximum atomic E-state index is 12.5. The number of anilines is 1. The van der Waals surface area contributed by atoms with Gasteiger partial charge in [-0.05, 0) is 62.9 Å². The first-order valence-corrected chi connectivity index (χ1v) is 9.79. The number of hydrogen-bond acceptors (Lipinski definition) is 6. The standard InChI is InChI=1S/C17H22N4OS2.ClH/c1-10-8-13(24-17-21-20-11(2)23-17)6-7-15(10)19-16(22)14-5-3-4-12(14)9-18;/h6-8,12,14H,3-5,9,18H2,1-2H3,(H,19,22);1H/t12-,14-;/m1./s1. The molecule has 2 aromatic rings. The highest BCUT2D eigenvalue weighted by Gasteiger charge is 2.32. The van der Waals surface area contributed by atoms with Crippen LogP contribution in [0.4, 0.5) is 5.69 Å². The fourth-order valence-electron chi connectivity index (χ4n) is 3.15. The van der Waals surface area contributed by atoms with Gasteiger partial charge in [0.05, 0.1) is 0 Å². The van der Waals surface area contributed by atoms with E-state index in [9.17, 15) is 4.79 Å². The molecule has 136 valence electrons. The summed E-state index contributed by atoms with van der Waals surface area (Å²) in [6, 6.07) is 6.06. The normalized spacial score (nSPS) is 19.5. The van der Waals surface area contributed by atoms with Gasteiger partial charge in [-0.2, -0.15) is 0 Å². The van der Waals surface area contributed by atoms with Crippen molar-refractivity contribution in [1.82, 2.24) is 10.2 Å². The van der Waals surface area contributed by atoms with E-state index in [2.05, 4.69) is 21.6 Å². The Balaban J connectivity index is 0.00000225. The Hall–Kier alpha value is -1.15. The molecule has 1 aromatic heterocycles. The van der Waals surface area contributed by atoms with Crippen molar-refractivity contribution in [3.63, 3.8) is 0 Å². The number of nitrogens with one attached hydrogen (secondary N) is 1. The summed E-state index contributed by atoms with van der Waals surface area (Å²) in [5.41, 5.74) is 7.72. The highest BCUT2D eigenvalue weighted by atomic mass is 35.5. The smallest absolute Gasteiger partial charge is 0.227 e. The molecule has 1 saturated carbocycles. The van der Waals surface area contributed by atoms with Crippen LogP contribution >= 0.6 is 35.5 Å². The number of aryl methyl sites for hydroxylation is 2. The van der Waals surface area contributed by atoms with E-state index < -0.39 is 0 Å². The lowest BCUT2D eigenvalue weighted by atomic mass is 9.95. The van der Waals surface area contributed by atoms with E-state index in [0.717, 1.165) is 44.8 Å². The van der Waals surface area contributed by atoms with Crippen molar-refractivity contribution in [2.24, 2.45) is 17.6 Å². The predicted molar refractivity (Wildman–Crippen MR) is 106 cm³/mol.